The van der Waals surface area contributed by atoms with Crippen molar-refractivity contribution < 1.29 is 13.9 Å². The quantitative estimate of drug-likeness (QED) is 0.443. The number of aromatic hydroxyl groups is 1. The van der Waals surface area contributed by atoms with Gasteiger partial charge in [-0.15, -0.1) is 0 Å². The van der Waals surface area contributed by atoms with Crippen molar-refractivity contribution in [2.45, 2.75) is 25.3 Å². The number of phenolic OH excluding ortho intramolecular Hbond substituents is 1. The van der Waals surface area contributed by atoms with Crippen LogP contribution in [-0.2, 0) is 0 Å². The molecule has 1 aromatic heterocycles. The molecule has 0 amide bonds. The Morgan fingerprint density at radius 1 is 1.16 bits per heavy atom. The Balaban J connectivity index is 1.71. The van der Waals surface area contributed by atoms with E-state index < -0.39 is 11.6 Å². The van der Waals surface area contributed by atoms with Gasteiger partial charge in [0.1, 0.15) is 23.2 Å². The minimum Gasteiger partial charge on any atom is -0.507 e. The molecule has 0 saturated carbocycles. The van der Waals surface area contributed by atoms with Gasteiger partial charge in [0, 0.05) is 22.6 Å². The van der Waals surface area contributed by atoms with E-state index in [9.17, 15) is 13.9 Å². The van der Waals surface area contributed by atoms with Crippen molar-refractivity contribution in [3.63, 3.8) is 0 Å². The first kappa shape index (κ1) is 21.7. The number of nitrogens with zero attached hydrogens (tertiary/aromatic N) is 2. The van der Waals surface area contributed by atoms with E-state index in [0.717, 1.165) is 17.4 Å². The summed E-state index contributed by atoms with van der Waals surface area (Å²) in [5.74, 6) is -0.737. The predicted octanol–water partition coefficient (Wildman–Crippen LogP) is 6.06. The summed E-state index contributed by atoms with van der Waals surface area (Å²) in [6.07, 6.45) is 3.32. The molecule has 31 heavy (non-hydrogen) atoms. The van der Waals surface area contributed by atoms with Crippen LogP contribution in [0.1, 0.15) is 19.3 Å². The third-order valence-corrected chi connectivity index (χ3v) is 6.26. The van der Waals surface area contributed by atoms with Gasteiger partial charge in [-0.1, -0.05) is 22.0 Å². The number of nitrogens with one attached hydrogen (secondary N) is 1. The van der Waals surface area contributed by atoms with Crippen LogP contribution in [0.15, 0.2) is 53.0 Å². The van der Waals surface area contributed by atoms with Crippen molar-refractivity contribution in [1.82, 2.24) is 9.88 Å². The molecule has 1 unspecified atom stereocenters. The third kappa shape index (κ3) is 4.88. The van der Waals surface area contributed by atoms with Crippen LogP contribution in [0, 0.1) is 11.6 Å². The second-order valence-electron chi connectivity index (χ2n) is 7.88. The molecule has 3 aromatic rings. The van der Waals surface area contributed by atoms with Crippen molar-refractivity contribution in [3.8, 4) is 28.1 Å². The van der Waals surface area contributed by atoms with Crippen LogP contribution >= 0.6 is 15.9 Å². The topological polar surface area (TPSA) is 48.4 Å². The number of rotatable bonds is 6. The highest BCUT2D eigenvalue weighted by Gasteiger charge is 2.20. The number of anilines is 1. The summed E-state index contributed by atoms with van der Waals surface area (Å²) in [6.45, 7) is 1.80. The smallest absolute Gasteiger partial charge is 0.133 e. The summed E-state index contributed by atoms with van der Waals surface area (Å²) >= 11 is 3.40. The van der Waals surface area contributed by atoms with E-state index in [0.29, 0.717) is 35.2 Å². The Labute approximate surface area is 189 Å². The van der Waals surface area contributed by atoms with E-state index in [2.05, 4.69) is 38.2 Å². The molecule has 0 radical (unpaired) electrons. The lowest BCUT2D eigenvalue weighted by atomic mass is 10.0. The second kappa shape index (κ2) is 9.32. The van der Waals surface area contributed by atoms with E-state index >= 15 is 0 Å². The van der Waals surface area contributed by atoms with Crippen LogP contribution in [0.4, 0.5) is 14.6 Å². The highest BCUT2D eigenvalue weighted by Crippen LogP contribution is 2.35. The highest BCUT2D eigenvalue weighted by atomic mass is 79.9. The zero-order chi connectivity index (χ0) is 22.0. The van der Waals surface area contributed by atoms with Crippen LogP contribution in [0.25, 0.3) is 22.4 Å². The van der Waals surface area contributed by atoms with Crippen molar-refractivity contribution in [1.29, 1.82) is 0 Å². The number of hydrogen-bond donors (Lipinski definition) is 2. The number of phenols is 1. The Kier molecular flexibility index (Phi) is 6.53. The van der Waals surface area contributed by atoms with E-state index in [1.807, 2.05) is 0 Å². The zero-order valence-electron chi connectivity index (χ0n) is 17.2. The molecule has 7 heteroatoms. The summed E-state index contributed by atoms with van der Waals surface area (Å²) in [6, 6.07) is 12.6. The molecule has 0 aliphatic carbocycles. The second-order valence-corrected chi connectivity index (χ2v) is 8.79. The van der Waals surface area contributed by atoms with E-state index in [1.165, 1.54) is 31.0 Å². The molecule has 4 rings (SSSR count). The third-order valence-electron chi connectivity index (χ3n) is 5.77. The normalized spacial score (nSPS) is 16.6. The predicted molar refractivity (Wildman–Crippen MR) is 123 cm³/mol. The van der Waals surface area contributed by atoms with Gasteiger partial charge >= 0.3 is 0 Å². The van der Waals surface area contributed by atoms with Gasteiger partial charge < -0.3 is 15.3 Å². The molecular weight excluding hydrogens is 464 g/mol. The lowest BCUT2D eigenvalue weighted by Crippen LogP contribution is -2.27. The highest BCUT2D eigenvalue weighted by molar-refractivity contribution is 9.10. The molecule has 1 aliphatic heterocycles. The summed E-state index contributed by atoms with van der Waals surface area (Å²) < 4.78 is 29.8. The average molecular weight is 488 g/mol. The van der Waals surface area contributed by atoms with Gasteiger partial charge in [0.2, 0.25) is 0 Å². The average Bonchev–Trinajstić information content (AvgIpc) is 3.14. The van der Waals surface area contributed by atoms with Gasteiger partial charge in [-0.05, 0) is 80.9 Å². The Morgan fingerprint density at radius 2 is 1.94 bits per heavy atom. The van der Waals surface area contributed by atoms with Crippen LogP contribution in [0.2, 0.25) is 0 Å². The Morgan fingerprint density at radius 3 is 2.65 bits per heavy atom. The lowest BCUT2D eigenvalue weighted by Gasteiger charge is -2.20. The molecule has 1 atom stereocenters. The molecule has 0 spiro atoms. The van der Waals surface area contributed by atoms with Crippen LogP contribution in [0.5, 0.6) is 5.75 Å². The zero-order valence-corrected chi connectivity index (χ0v) is 18.8. The maximum Gasteiger partial charge on any atom is 0.133 e. The maximum absolute atomic E-state index is 14.5. The maximum atomic E-state index is 14.5. The number of aromatic nitrogens is 1. The van der Waals surface area contributed by atoms with Crippen molar-refractivity contribution in [2.75, 3.05) is 25.5 Å². The van der Waals surface area contributed by atoms with Crippen LogP contribution in [-0.4, -0.2) is 41.2 Å². The first-order valence-corrected chi connectivity index (χ1v) is 11.1. The standard InChI is InChI=1S/C24H24BrF2N3O/c1-30-11-3-4-17(30)9-10-28-23-13-15(24-19(26)5-2-6-20(24)27)12-21(29-23)18-14-16(25)7-8-22(18)31/h2,5-8,12-14,17,31H,3-4,9-11H2,1H3,(H,28,29). The molecule has 1 saturated heterocycles. The minimum absolute atomic E-state index is 0.0420. The molecule has 4 nitrogen and oxygen atoms in total. The summed E-state index contributed by atoms with van der Waals surface area (Å²) in [5.41, 5.74) is 1.16. The fourth-order valence-corrected chi connectivity index (χ4v) is 4.46. The summed E-state index contributed by atoms with van der Waals surface area (Å²) in [7, 11) is 2.13. The molecule has 0 bridgehead atoms. The van der Waals surface area contributed by atoms with Crippen LogP contribution < -0.4 is 5.32 Å². The number of pyridine rings is 1. The first-order valence-electron chi connectivity index (χ1n) is 10.3. The molecular formula is C24H24BrF2N3O. The van der Waals surface area contributed by atoms with Crippen molar-refractivity contribution >= 4 is 21.7 Å². The van der Waals surface area contributed by atoms with Gasteiger partial charge in [0.25, 0.3) is 0 Å². The summed E-state index contributed by atoms with van der Waals surface area (Å²) in [4.78, 5) is 6.98. The van der Waals surface area contributed by atoms with Crippen LogP contribution in [0.3, 0.4) is 0 Å². The molecule has 1 aliphatic rings. The number of halogens is 3. The molecule has 2 heterocycles. The molecule has 2 aromatic carbocycles. The van der Waals surface area contributed by atoms with Gasteiger partial charge in [-0.3, -0.25) is 0 Å². The molecule has 162 valence electrons. The molecule has 1 fully saturated rings. The van der Waals surface area contributed by atoms with Crippen molar-refractivity contribution in [3.05, 3.63) is 64.6 Å². The van der Waals surface area contributed by atoms with Crippen molar-refractivity contribution in [2.24, 2.45) is 0 Å². The minimum atomic E-state index is -0.644. The molecule has 2 N–H and O–H groups in total. The summed E-state index contributed by atoms with van der Waals surface area (Å²) in [5, 5.41) is 13.7. The van der Waals surface area contributed by atoms with E-state index in [4.69, 9.17) is 0 Å². The van der Waals surface area contributed by atoms with Gasteiger partial charge in [0.15, 0.2) is 0 Å². The monoisotopic (exact) mass is 487 g/mol. The largest absolute Gasteiger partial charge is 0.507 e. The number of hydrogen-bond acceptors (Lipinski definition) is 4. The fraction of sp³-hybridized carbons (Fsp3) is 0.292. The van der Waals surface area contributed by atoms with Gasteiger partial charge in [-0.25, -0.2) is 13.8 Å². The van der Waals surface area contributed by atoms with Gasteiger partial charge in [-0.2, -0.15) is 0 Å². The van der Waals surface area contributed by atoms with Gasteiger partial charge in [0.05, 0.1) is 11.3 Å². The number of likely N-dealkylation sites (tertiary alicyclic amines) is 1. The SMILES string of the molecule is CN1CCCC1CCNc1cc(-c2c(F)cccc2F)cc(-c2cc(Br)ccc2O)n1. The van der Waals surface area contributed by atoms with E-state index in [-0.39, 0.29) is 11.3 Å². The fourth-order valence-electron chi connectivity index (χ4n) is 4.10. The Bertz CT molecular complexity index is 1070. The van der Waals surface area contributed by atoms with E-state index in [1.54, 1.807) is 30.3 Å². The number of benzene rings is 2. The first-order chi connectivity index (χ1) is 14.9. The lowest BCUT2D eigenvalue weighted by molar-refractivity contribution is 0.301. The Hall–Kier alpha value is -2.51.